The molecule has 0 saturated heterocycles. The maximum absolute atomic E-state index is 13.3. The van der Waals surface area contributed by atoms with E-state index in [-0.39, 0.29) is 34.8 Å². The van der Waals surface area contributed by atoms with Crippen molar-refractivity contribution < 1.29 is 27.6 Å². The number of guanidine groups is 1. The number of hydrogen-bond acceptors (Lipinski definition) is 10. The minimum absolute atomic E-state index is 0.00523. The standard InChI is InChI=1S/C22H28N8O6S/c1-13-18(14(2)36-29-13)37(34,35)30-22(20(32)33,7-3-4-8-23-21-24-9-10-25-21)27-19(31)15-5-6-16-12-26-28-17(16)11-15/h5-6,11-12,30H,3-4,7-10H2,1-2H3,(H,26,28)(H,27,31)(H,32,33)(H2,23,24,25). The first-order valence-corrected chi connectivity index (χ1v) is 13.1. The van der Waals surface area contributed by atoms with Gasteiger partial charge in [-0.2, -0.15) is 9.82 Å². The Kier molecular flexibility index (Phi) is 7.45. The Balaban J connectivity index is 1.59. The third kappa shape index (κ3) is 5.72. The summed E-state index contributed by atoms with van der Waals surface area (Å²) in [6.07, 6.45) is 2.09. The number of H-pyrrole nitrogens is 1. The number of unbranched alkanes of at least 4 members (excludes halogenated alkanes) is 1. The van der Waals surface area contributed by atoms with E-state index < -0.39 is 27.6 Å². The minimum Gasteiger partial charge on any atom is -0.478 e. The lowest BCUT2D eigenvalue weighted by atomic mass is 10.0. The molecule has 3 heterocycles. The van der Waals surface area contributed by atoms with E-state index in [4.69, 9.17) is 4.52 Å². The zero-order chi connectivity index (χ0) is 26.6. The van der Waals surface area contributed by atoms with Crippen LogP contribution >= 0.6 is 0 Å². The normalized spacial score (nSPS) is 15.1. The summed E-state index contributed by atoms with van der Waals surface area (Å²) in [7, 11) is -4.45. The summed E-state index contributed by atoms with van der Waals surface area (Å²) in [5.41, 5.74) is -1.59. The molecule has 1 aliphatic rings. The number of aromatic amines is 1. The number of benzene rings is 1. The highest BCUT2D eigenvalue weighted by Gasteiger charge is 2.45. The van der Waals surface area contributed by atoms with Crippen LogP contribution in [0.25, 0.3) is 10.9 Å². The lowest BCUT2D eigenvalue weighted by Gasteiger charge is -2.31. The first-order valence-electron chi connectivity index (χ1n) is 11.6. The molecule has 4 rings (SSSR count). The summed E-state index contributed by atoms with van der Waals surface area (Å²) < 4.78 is 33.8. The van der Waals surface area contributed by atoms with Crippen molar-refractivity contribution >= 4 is 38.8 Å². The maximum atomic E-state index is 13.3. The summed E-state index contributed by atoms with van der Waals surface area (Å²) in [5.74, 6) is -1.68. The van der Waals surface area contributed by atoms with Crippen molar-refractivity contribution in [2.75, 3.05) is 19.6 Å². The summed E-state index contributed by atoms with van der Waals surface area (Å²) in [5, 5.41) is 29.9. The number of hydrogen-bond donors (Lipinski definition) is 6. The molecule has 0 fully saturated rings. The molecule has 1 unspecified atom stereocenters. The largest absolute Gasteiger partial charge is 0.478 e. The SMILES string of the molecule is Cc1noc(C)c1S(=O)(=O)NC(CCCCNC1=NCCN1)(NC(=O)c1ccc2cn[nH]c2c1)C(=O)O. The smallest absolute Gasteiger partial charge is 0.345 e. The van der Waals surface area contributed by atoms with Crippen LogP contribution < -0.4 is 20.7 Å². The van der Waals surface area contributed by atoms with Gasteiger partial charge in [0.05, 0.1) is 18.3 Å². The Hall–Kier alpha value is -3.98. The number of fused-ring (bicyclic) bond motifs is 1. The number of carboxylic acids is 1. The van der Waals surface area contributed by atoms with Crippen molar-refractivity contribution in [3.05, 3.63) is 41.4 Å². The number of nitrogens with one attached hydrogen (secondary N) is 5. The Morgan fingerprint density at radius 1 is 1.24 bits per heavy atom. The number of aliphatic carboxylic acids is 1. The first-order chi connectivity index (χ1) is 17.6. The van der Waals surface area contributed by atoms with E-state index in [1.807, 2.05) is 0 Å². The van der Waals surface area contributed by atoms with Gasteiger partial charge in [-0.15, -0.1) is 0 Å². The predicted molar refractivity (Wildman–Crippen MR) is 132 cm³/mol. The second-order valence-corrected chi connectivity index (χ2v) is 10.3. The zero-order valence-corrected chi connectivity index (χ0v) is 21.1. The number of sulfonamides is 1. The highest BCUT2D eigenvalue weighted by Crippen LogP contribution is 2.23. The number of amides is 1. The van der Waals surface area contributed by atoms with Crippen LogP contribution in [-0.4, -0.2) is 72.0 Å². The number of aryl methyl sites for hydroxylation is 2. The van der Waals surface area contributed by atoms with Gasteiger partial charge in [0.2, 0.25) is 15.7 Å². The van der Waals surface area contributed by atoms with Crippen molar-refractivity contribution in [2.24, 2.45) is 4.99 Å². The fourth-order valence-corrected chi connectivity index (χ4v) is 5.71. The Labute approximate surface area is 212 Å². The van der Waals surface area contributed by atoms with Gasteiger partial charge in [-0.05, 0) is 45.2 Å². The number of nitrogens with zero attached hydrogens (tertiary/aromatic N) is 3. The number of rotatable bonds is 11. The number of aliphatic imine (C=N–C) groups is 1. The van der Waals surface area contributed by atoms with Gasteiger partial charge in [0.1, 0.15) is 10.6 Å². The monoisotopic (exact) mass is 532 g/mol. The van der Waals surface area contributed by atoms with Gasteiger partial charge in [-0.1, -0.05) is 11.2 Å². The maximum Gasteiger partial charge on any atom is 0.345 e. The fourth-order valence-electron chi connectivity index (χ4n) is 4.06. The highest BCUT2D eigenvalue weighted by molar-refractivity contribution is 7.89. The molecule has 3 aromatic rings. The Morgan fingerprint density at radius 3 is 2.73 bits per heavy atom. The van der Waals surface area contributed by atoms with Crippen molar-refractivity contribution in [1.29, 1.82) is 0 Å². The van der Waals surface area contributed by atoms with Gasteiger partial charge >= 0.3 is 5.97 Å². The van der Waals surface area contributed by atoms with Gasteiger partial charge in [0.15, 0.2) is 11.7 Å². The van der Waals surface area contributed by atoms with Crippen molar-refractivity contribution in [3.8, 4) is 0 Å². The molecule has 1 amide bonds. The van der Waals surface area contributed by atoms with Crippen LogP contribution in [0, 0.1) is 13.8 Å². The van der Waals surface area contributed by atoms with E-state index in [9.17, 15) is 23.1 Å². The van der Waals surface area contributed by atoms with E-state index in [0.717, 1.165) is 11.9 Å². The number of carboxylic acid groups (broad SMARTS) is 1. The van der Waals surface area contributed by atoms with Gasteiger partial charge in [-0.3, -0.25) is 14.9 Å². The number of carbonyl (C=O) groups excluding carboxylic acids is 1. The van der Waals surface area contributed by atoms with Crippen LogP contribution in [0.5, 0.6) is 0 Å². The average Bonchev–Trinajstić information content (AvgIpc) is 3.59. The third-order valence-corrected chi connectivity index (χ3v) is 7.62. The van der Waals surface area contributed by atoms with Crippen LogP contribution in [0.3, 0.4) is 0 Å². The summed E-state index contributed by atoms with van der Waals surface area (Å²) in [6, 6.07) is 4.66. The minimum atomic E-state index is -4.45. The van der Waals surface area contributed by atoms with Gasteiger partial charge < -0.3 is 25.6 Å². The van der Waals surface area contributed by atoms with Crippen molar-refractivity contribution in [2.45, 2.75) is 43.7 Å². The Bertz CT molecular complexity index is 1430. The van der Waals surface area contributed by atoms with Crippen LogP contribution in [0.15, 0.2) is 38.8 Å². The molecule has 1 aliphatic heterocycles. The van der Waals surface area contributed by atoms with Crippen molar-refractivity contribution in [3.63, 3.8) is 0 Å². The summed E-state index contributed by atoms with van der Waals surface area (Å²) >= 11 is 0. The lowest BCUT2D eigenvalue weighted by molar-refractivity contribution is -0.145. The van der Waals surface area contributed by atoms with Gasteiger partial charge in [0, 0.05) is 24.0 Å². The van der Waals surface area contributed by atoms with E-state index >= 15 is 0 Å². The first kappa shape index (κ1) is 26.1. The fraction of sp³-hybridized carbons (Fsp3) is 0.409. The molecule has 0 radical (unpaired) electrons. The molecule has 0 bridgehead atoms. The van der Waals surface area contributed by atoms with E-state index in [1.54, 1.807) is 12.3 Å². The highest BCUT2D eigenvalue weighted by atomic mass is 32.2. The zero-order valence-electron chi connectivity index (χ0n) is 20.3. The molecule has 6 N–H and O–H groups in total. The van der Waals surface area contributed by atoms with E-state index in [0.29, 0.717) is 31.0 Å². The Morgan fingerprint density at radius 2 is 2.05 bits per heavy atom. The van der Waals surface area contributed by atoms with Crippen LogP contribution in [-0.2, 0) is 14.8 Å². The average molecular weight is 533 g/mol. The molecule has 1 atom stereocenters. The predicted octanol–water partition coefficient (Wildman–Crippen LogP) is 0.376. The number of aromatic nitrogens is 3. The molecular weight excluding hydrogens is 504 g/mol. The molecule has 0 aliphatic carbocycles. The molecular formula is C22H28N8O6S. The van der Waals surface area contributed by atoms with Gasteiger partial charge in [-0.25, -0.2) is 13.2 Å². The molecule has 0 spiro atoms. The number of carbonyl (C=O) groups is 2. The molecule has 1 aromatic carbocycles. The van der Waals surface area contributed by atoms with Crippen molar-refractivity contribution in [1.82, 2.24) is 36.0 Å². The topological polar surface area (TPSA) is 204 Å². The summed E-state index contributed by atoms with van der Waals surface area (Å²) in [6.45, 7) is 4.72. The second kappa shape index (κ2) is 10.6. The second-order valence-electron chi connectivity index (χ2n) is 8.64. The third-order valence-electron chi connectivity index (χ3n) is 5.89. The van der Waals surface area contributed by atoms with Crippen LogP contribution in [0.1, 0.15) is 41.1 Å². The quantitative estimate of drug-likeness (QED) is 0.148. The van der Waals surface area contributed by atoms with Gasteiger partial charge in [0.25, 0.3) is 5.91 Å². The lowest BCUT2D eigenvalue weighted by Crippen LogP contribution is -2.65. The van der Waals surface area contributed by atoms with E-state index in [2.05, 4.69) is 41.0 Å². The molecule has 198 valence electrons. The molecule has 0 saturated carbocycles. The van der Waals surface area contributed by atoms with Crippen LogP contribution in [0.2, 0.25) is 0 Å². The van der Waals surface area contributed by atoms with Crippen LogP contribution in [0.4, 0.5) is 0 Å². The molecule has 14 nitrogen and oxygen atoms in total. The molecule has 2 aromatic heterocycles. The van der Waals surface area contributed by atoms with E-state index in [1.165, 1.54) is 26.0 Å². The summed E-state index contributed by atoms with van der Waals surface area (Å²) in [4.78, 5) is 29.7. The molecule has 37 heavy (non-hydrogen) atoms. The molecule has 15 heteroatoms.